The van der Waals surface area contributed by atoms with Gasteiger partial charge in [-0.2, -0.15) is 0 Å². The van der Waals surface area contributed by atoms with Gasteiger partial charge in [-0.15, -0.1) is 0 Å². The quantitative estimate of drug-likeness (QED) is 0.772. The maximum atomic E-state index is 6.34. The number of para-hydroxylation sites is 2. The number of rotatable bonds is 3. The van der Waals surface area contributed by atoms with Gasteiger partial charge < -0.3 is 9.88 Å². The molecule has 20 heavy (non-hydrogen) atoms. The molecule has 0 aliphatic carbocycles. The maximum absolute atomic E-state index is 6.34. The minimum Gasteiger partial charge on any atom is -0.388 e. The molecular formula is C16H16ClN3. The lowest BCUT2D eigenvalue weighted by molar-refractivity contribution is 0.796. The molecule has 0 aliphatic rings. The van der Waals surface area contributed by atoms with Crippen molar-refractivity contribution in [3.63, 3.8) is 0 Å². The number of nitrogens with zero attached hydrogens (tertiary/aromatic N) is 2. The predicted octanol–water partition coefficient (Wildman–Crippen LogP) is 4.42. The second-order valence-corrected chi connectivity index (χ2v) is 4.99. The van der Waals surface area contributed by atoms with Gasteiger partial charge in [0.15, 0.2) is 0 Å². The fourth-order valence-electron chi connectivity index (χ4n) is 2.55. The highest BCUT2D eigenvalue weighted by molar-refractivity contribution is 6.35. The molecule has 0 atom stereocenters. The van der Waals surface area contributed by atoms with Crippen LogP contribution in [0.2, 0.25) is 5.02 Å². The molecule has 0 aliphatic heterocycles. The van der Waals surface area contributed by atoms with Gasteiger partial charge in [-0.25, -0.2) is 4.98 Å². The first-order valence-electron chi connectivity index (χ1n) is 6.68. The van der Waals surface area contributed by atoms with E-state index in [1.54, 1.807) is 0 Å². The Morgan fingerprint density at radius 2 is 1.95 bits per heavy atom. The Kier molecular flexibility index (Phi) is 3.36. The number of imidazole rings is 1. The Balaban J connectivity index is 2.34. The van der Waals surface area contributed by atoms with E-state index >= 15 is 0 Å². The second-order valence-electron chi connectivity index (χ2n) is 4.58. The molecule has 0 unspecified atom stereocenters. The van der Waals surface area contributed by atoms with Crippen LogP contribution < -0.4 is 5.32 Å². The van der Waals surface area contributed by atoms with E-state index in [2.05, 4.69) is 28.9 Å². The lowest BCUT2D eigenvalue weighted by Crippen LogP contribution is -2.00. The number of hydrogen-bond donors (Lipinski definition) is 1. The van der Waals surface area contributed by atoms with Gasteiger partial charge >= 0.3 is 0 Å². The van der Waals surface area contributed by atoms with E-state index in [0.29, 0.717) is 0 Å². The summed E-state index contributed by atoms with van der Waals surface area (Å²) in [5.74, 6) is 0.945. The van der Waals surface area contributed by atoms with Crippen molar-refractivity contribution in [1.29, 1.82) is 0 Å². The zero-order valence-electron chi connectivity index (χ0n) is 11.5. The lowest BCUT2D eigenvalue weighted by Gasteiger charge is -2.11. The van der Waals surface area contributed by atoms with Crippen LogP contribution in [0.1, 0.15) is 6.92 Å². The molecule has 0 spiro atoms. The molecule has 1 heterocycles. The highest BCUT2D eigenvalue weighted by Crippen LogP contribution is 2.32. The highest BCUT2D eigenvalue weighted by atomic mass is 35.5. The van der Waals surface area contributed by atoms with Crippen molar-refractivity contribution in [2.45, 2.75) is 13.5 Å². The fourth-order valence-corrected chi connectivity index (χ4v) is 2.82. The zero-order chi connectivity index (χ0) is 14.1. The Morgan fingerprint density at radius 3 is 2.70 bits per heavy atom. The minimum absolute atomic E-state index is 0.741. The van der Waals surface area contributed by atoms with Crippen LogP contribution in [0.4, 0.5) is 5.69 Å². The Morgan fingerprint density at radius 1 is 1.15 bits per heavy atom. The maximum Gasteiger partial charge on any atom is 0.143 e. The number of halogens is 1. The molecule has 3 aromatic rings. The second kappa shape index (κ2) is 5.17. The topological polar surface area (TPSA) is 29.9 Å². The van der Waals surface area contributed by atoms with E-state index in [4.69, 9.17) is 16.6 Å². The number of nitrogens with one attached hydrogen (secondary N) is 1. The van der Waals surface area contributed by atoms with Gasteiger partial charge in [0.2, 0.25) is 0 Å². The normalized spacial score (nSPS) is 10.9. The van der Waals surface area contributed by atoms with Crippen molar-refractivity contribution in [2.75, 3.05) is 12.4 Å². The molecule has 3 nitrogen and oxygen atoms in total. The van der Waals surface area contributed by atoms with E-state index in [-0.39, 0.29) is 0 Å². The predicted molar refractivity (Wildman–Crippen MR) is 85.4 cm³/mol. The van der Waals surface area contributed by atoms with Crippen molar-refractivity contribution >= 4 is 28.3 Å². The van der Waals surface area contributed by atoms with Crippen LogP contribution in [0.15, 0.2) is 42.5 Å². The highest BCUT2D eigenvalue weighted by Gasteiger charge is 2.15. The number of aromatic nitrogens is 2. The number of benzene rings is 2. The van der Waals surface area contributed by atoms with E-state index in [0.717, 1.165) is 39.7 Å². The standard InChI is InChI=1S/C16H16ClN3/c1-3-20-15-12(17)8-6-10-14(15)19-16(20)11-7-4-5-9-13(11)18-2/h4-10,18H,3H2,1-2H3. The molecule has 0 amide bonds. The van der Waals surface area contributed by atoms with E-state index in [1.165, 1.54) is 0 Å². The first kappa shape index (κ1) is 13.0. The number of anilines is 1. The largest absolute Gasteiger partial charge is 0.388 e. The SMILES string of the molecule is CCn1c(-c2ccccc2NC)nc2cccc(Cl)c21. The van der Waals surface area contributed by atoms with Gasteiger partial charge in [0.1, 0.15) is 5.82 Å². The number of aryl methyl sites for hydroxylation is 1. The summed E-state index contributed by atoms with van der Waals surface area (Å²) in [4.78, 5) is 4.76. The summed E-state index contributed by atoms with van der Waals surface area (Å²) in [5.41, 5.74) is 4.08. The lowest BCUT2D eigenvalue weighted by atomic mass is 10.1. The van der Waals surface area contributed by atoms with Crippen molar-refractivity contribution in [2.24, 2.45) is 0 Å². The Labute approximate surface area is 123 Å². The molecule has 0 fully saturated rings. The molecule has 2 aromatic carbocycles. The Hall–Kier alpha value is -2.00. The summed E-state index contributed by atoms with van der Waals surface area (Å²) >= 11 is 6.34. The van der Waals surface area contributed by atoms with Crippen molar-refractivity contribution in [3.05, 3.63) is 47.5 Å². The van der Waals surface area contributed by atoms with E-state index < -0.39 is 0 Å². The van der Waals surface area contributed by atoms with Gasteiger partial charge in [-0.05, 0) is 31.2 Å². The summed E-state index contributed by atoms with van der Waals surface area (Å²) in [6.45, 7) is 2.93. The third-order valence-corrected chi connectivity index (χ3v) is 3.78. The first-order valence-corrected chi connectivity index (χ1v) is 7.06. The van der Waals surface area contributed by atoms with Crippen LogP contribution in [0.25, 0.3) is 22.4 Å². The van der Waals surface area contributed by atoms with E-state index in [1.807, 2.05) is 37.4 Å². The van der Waals surface area contributed by atoms with E-state index in [9.17, 15) is 0 Å². The summed E-state index contributed by atoms with van der Waals surface area (Å²) in [6.07, 6.45) is 0. The van der Waals surface area contributed by atoms with Gasteiger partial charge in [0.05, 0.1) is 16.1 Å². The summed E-state index contributed by atoms with van der Waals surface area (Å²) in [7, 11) is 1.92. The molecule has 0 bridgehead atoms. The van der Waals surface area contributed by atoms with Gasteiger partial charge in [-0.3, -0.25) is 0 Å². The molecule has 1 N–H and O–H groups in total. The van der Waals surface area contributed by atoms with Gasteiger partial charge in [0.25, 0.3) is 0 Å². The third-order valence-electron chi connectivity index (χ3n) is 3.47. The summed E-state index contributed by atoms with van der Waals surface area (Å²) in [5, 5.41) is 3.96. The zero-order valence-corrected chi connectivity index (χ0v) is 12.3. The van der Waals surface area contributed by atoms with Crippen LogP contribution in [0.3, 0.4) is 0 Å². The molecule has 0 radical (unpaired) electrons. The number of hydrogen-bond acceptors (Lipinski definition) is 2. The average molecular weight is 286 g/mol. The van der Waals surface area contributed by atoms with Crippen LogP contribution >= 0.6 is 11.6 Å². The summed E-state index contributed by atoms with van der Waals surface area (Å²) in [6, 6.07) is 14.0. The average Bonchev–Trinajstić information content (AvgIpc) is 2.87. The first-order chi connectivity index (χ1) is 9.76. The molecule has 1 aromatic heterocycles. The van der Waals surface area contributed by atoms with Gasteiger partial charge in [-0.1, -0.05) is 29.8 Å². The molecule has 102 valence electrons. The van der Waals surface area contributed by atoms with Crippen LogP contribution in [-0.2, 0) is 6.54 Å². The third kappa shape index (κ3) is 1.95. The van der Waals surface area contributed by atoms with Gasteiger partial charge in [0, 0.05) is 24.8 Å². The molecular weight excluding hydrogens is 270 g/mol. The van der Waals surface area contributed by atoms with Crippen LogP contribution in [0, 0.1) is 0 Å². The fraction of sp³-hybridized carbons (Fsp3) is 0.188. The Bertz CT molecular complexity index is 762. The van der Waals surface area contributed by atoms with Crippen molar-refractivity contribution < 1.29 is 0 Å². The van der Waals surface area contributed by atoms with Crippen LogP contribution in [-0.4, -0.2) is 16.6 Å². The summed E-state index contributed by atoms with van der Waals surface area (Å²) < 4.78 is 2.16. The smallest absolute Gasteiger partial charge is 0.143 e. The molecule has 0 saturated heterocycles. The minimum atomic E-state index is 0.741. The molecule has 4 heteroatoms. The molecule has 3 rings (SSSR count). The van der Waals surface area contributed by atoms with Crippen molar-refractivity contribution in [1.82, 2.24) is 9.55 Å². The van der Waals surface area contributed by atoms with Crippen molar-refractivity contribution in [3.8, 4) is 11.4 Å². The monoisotopic (exact) mass is 285 g/mol. The number of fused-ring (bicyclic) bond motifs is 1. The van der Waals surface area contributed by atoms with Crippen LogP contribution in [0.5, 0.6) is 0 Å². The molecule has 0 saturated carbocycles.